The molecule has 2 heterocycles. The Morgan fingerprint density at radius 2 is 2.29 bits per heavy atom. The second kappa shape index (κ2) is 7.52. The summed E-state index contributed by atoms with van der Waals surface area (Å²) in [5.41, 5.74) is 0.859. The van der Waals surface area contributed by atoms with Gasteiger partial charge in [0.15, 0.2) is 5.82 Å². The van der Waals surface area contributed by atoms with Gasteiger partial charge < -0.3 is 9.84 Å². The molecule has 1 fully saturated rings. The van der Waals surface area contributed by atoms with Gasteiger partial charge in [-0.05, 0) is 49.5 Å². The molecule has 3 rings (SSSR count). The molecule has 0 amide bonds. The van der Waals surface area contributed by atoms with Crippen molar-refractivity contribution in [3.8, 4) is 0 Å². The van der Waals surface area contributed by atoms with Gasteiger partial charge in [0.05, 0.1) is 0 Å². The molecule has 0 radical (unpaired) electrons. The fraction of sp³-hybridized carbons (Fsp3) is 0.467. The molecular weight excluding hydrogens is 293 g/mol. The monoisotopic (exact) mass is 311 g/mol. The zero-order valence-corrected chi connectivity index (χ0v) is 12.5. The van der Waals surface area contributed by atoms with Crippen LogP contribution in [0.1, 0.15) is 30.1 Å². The standard InChI is InChI=1S/C15H18FN3O.ClH/c16-13-3-1-2-12(8-13)9-14-18-15(20-19-14)5-4-11-6-7-17-10-11;/h1-3,8,11,17H,4-7,9-10H2;1H. The molecule has 0 aliphatic carbocycles. The van der Waals surface area contributed by atoms with Crippen LogP contribution in [0.15, 0.2) is 28.8 Å². The van der Waals surface area contributed by atoms with E-state index in [9.17, 15) is 4.39 Å². The van der Waals surface area contributed by atoms with Crippen molar-refractivity contribution < 1.29 is 8.91 Å². The number of hydrogen-bond donors (Lipinski definition) is 1. The van der Waals surface area contributed by atoms with E-state index in [2.05, 4.69) is 15.5 Å². The minimum absolute atomic E-state index is 0. The highest BCUT2D eigenvalue weighted by Crippen LogP contribution is 2.15. The number of aromatic nitrogens is 2. The van der Waals surface area contributed by atoms with Gasteiger partial charge in [-0.25, -0.2) is 4.39 Å². The van der Waals surface area contributed by atoms with Crippen LogP contribution in [-0.4, -0.2) is 23.2 Å². The van der Waals surface area contributed by atoms with Crippen molar-refractivity contribution >= 4 is 12.4 Å². The van der Waals surface area contributed by atoms with Crippen LogP contribution in [0.3, 0.4) is 0 Å². The topological polar surface area (TPSA) is 51.0 Å². The van der Waals surface area contributed by atoms with Crippen LogP contribution >= 0.6 is 12.4 Å². The quantitative estimate of drug-likeness (QED) is 0.922. The first-order valence-corrected chi connectivity index (χ1v) is 7.06. The fourth-order valence-corrected chi connectivity index (χ4v) is 2.58. The maximum atomic E-state index is 13.1. The highest BCUT2D eigenvalue weighted by molar-refractivity contribution is 5.85. The molecule has 1 atom stereocenters. The maximum absolute atomic E-state index is 13.1. The van der Waals surface area contributed by atoms with E-state index in [1.54, 1.807) is 6.07 Å². The molecule has 4 nitrogen and oxygen atoms in total. The van der Waals surface area contributed by atoms with E-state index in [0.717, 1.165) is 31.5 Å². The van der Waals surface area contributed by atoms with E-state index in [-0.39, 0.29) is 18.2 Å². The zero-order chi connectivity index (χ0) is 13.8. The van der Waals surface area contributed by atoms with Gasteiger partial charge in [0, 0.05) is 12.8 Å². The van der Waals surface area contributed by atoms with Crippen molar-refractivity contribution in [2.75, 3.05) is 13.1 Å². The van der Waals surface area contributed by atoms with Crippen molar-refractivity contribution in [2.45, 2.75) is 25.7 Å². The molecule has 0 spiro atoms. The van der Waals surface area contributed by atoms with Crippen molar-refractivity contribution in [3.63, 3.8) is 0 Å². The Morgan fingerprint density at radius 1 is 1.38 bits per heavy atom. The summed E-state index contributed by atoms with van der Waals surface area (Å²) < 4.78 is 18.4. The first-order chi connectivity index (χ1) is 9.79. The minimum Gasteiger partial charge on any atom is -0.339 e. The maximum Gasteiger partial charge on any atom is 0.226 e. The summed E-state index contributed by atoms with van der Waals surface area (Å²) in [7, 11) is 0. The van der Waals surface area contributed by atoms with Crippen LogP contribution < -0.4 is 5.32 Å². The minimum atomic E-state index is -0.236. The van der Waals surface area contributed by atoms with Gasteiger partial charge in [-0.15, -0.1) is 12.4 Å². The Morgan fingerprint density at radius 3 is 3.05 bits per heavy atom. The highest BCUT2D eigenvalue weighted by atomic mass is 35.5. The first kappa shape index (κ1) is 15.9. The smallest absolute Gasteiger partial charge is 0.226 e. The number of halogens is 2. The van der Waals surface area contributed by atoms with Gasteiger partial charge >= 0.3 is 0 Å². The van der Waals surface area contributed by atoms with Crippen LogP contribution in [0.5, 0.6) is 0 Å². The number of nitrogens with zero attached hydrogens (tertiary/aromatic N) is 2. The Balaban J connectivity index is 0.00000161. The lowest BCUT2D eigenvalue weighted by atomic mass is 10.0. The van der Waals surface area contributed by atoms with Crippen LogP contribution in [-0.2, 0) is 12.8 Å². The molecule has 1 N–H and O–H groups in total. The SMILES string of the molecule is Cl.Fc1cccc(Cc2noc(CCC3CCNC3)n2)c1. The third kappa shape index (κ3) is 4.51. The average molecular weight is 312 g/mol. The van der Waals surface area contributed by atoms with Gasteiger partial charge in [0.1, 0.15) is 5.82 Å². The lowest BCUT2D eigenvalue weighted by Crippen LogP contribution is -2.09. The Labute approximate surface area is 129 Å². The Kier molecular flexibility index (Phi) is 5.70. The molecule has 1 unspecified atom stereocenters. The summed E-state index contributed by atoms with van der Waals surface area (Å²) in [6.07, 6.45) is 3.63. The molecule has 114 valence electrons. The molecule has 0 bridgehead atoms. The van der Waals surface area contributed by atoms with Crippen LogP contribution in [0.25, 0.3) is 0 Å². The molecule has 1 aromatic heterocycles. The second-order valence-electron chi connectivity index (χ2n) is 5.31. The average Bonchev–Trinajstić information content (AvgIpc) is 3.07. The van der Waals surface area contributed by atoms with E-state index in [1.807, 2.05) is 6.07 Å². The molecule has 6 heteroatoms. The molecule has 0 saturated carbocycles. The largest absolute Gasteiger partial charge is 0.339 e. The summed E-state index contributed by atoms with van der Waals surface area (Å²) in [4.78, 5) is 4.38. The summed E-state index contributed by atoms with van der Waals surface area (Å²) in [5.74, 6) is 1.78. The molecular formula is C15H19ClFN3O. The summed E-state index contributed by atoms with van der Waals surface area (Å²) in [5, 5.41) is 7.31. The molecule has 21 heavy (non-hydrogen) atoms. The second-order valence-corrected chi connectivity index (χ2v) is 5.31. The van der Waals surface area contributed by atoms with Gasteiger partial charge in [0.25, 0.3) is 0 Å². The van der Waals surface area contributed by atoms with Crippen molar-refractivity contribution in [3.05, 3.63) is 47.4 Å². The highest BCUT2D eigenvalue weighted by Gasteiger charge is 2.16. The lowest BCUT2D eigenvalue weighted by molar-refractivity contribution is 0.361. The summed E-state index contributed by atoms with van der Waals surface area (Å²) >= 11 is 0. The van der Waals surface area contributed by atoms with E-state index >= 15 is 0 Å². The van der Waals surface area contributed by atoms with E-state index in [4.69, 9.17) is 4.52 Å². The predicted octanol–water partition coefficient (Wildman–Crippen LogP) is 2.76. The van der Waals surface area contributed by atoms with Crippen LogP contribution in [0, 0.1) is 11.7 Å². The fourth-order valence-electron chi connectivity index (χ4n) is 2.58. The van der Waals surface area contributed by atoms with Gasteiger partial charge in [-0.3, -0.25) is 0 Å². The number of hydrogen-bond acceptors (Lipinski definition) is 4. The molecule has 1 saturated heterocycles. The number of benzene rings is 1. The van der Waals surface area contributed by atoms with Gasteiger partial charge in [0.2, 0.25) is 5.89 Å². The molecule has 1 aliphatic rings. The van der Waals surface area contributed by atoms with Gasteiger partial charge in [-0.1, -0.05) is 17.3 Å². The first-order valence-electron chi connectivity index (χ1n) is 7.06. The van der Waals surface area contributed by atoms with E-state index in [1.165, 1.54) is 18.6 Å². The lowest BCUT2D eigenvalue weighted by Gasteiger charge is -2.03. The third-order valence-electron chi connectivity index (χ3n) is 3.69. The third-order valence-corrected chi connectivity index (χ3v) is 3.69. The van der Waals surface area contributed by atoms with Crippen LogP contribution in [0.2, 0.25) is 0 Å². The van der Waals surface area contributed by atoms with Crippen LogP contribution in [0.4, 0.5) is 4.39 Å². The van der Waals surface area contributed by atoms with E-state index < -0.39 is 0 Å². The summed E-state index contributed by atoms with van der Waals surface area (Å²) in [6, 6.07) is 6.49. The van der Waals surface area contributed by atoms with Crippen molar-refractivity contribution in [1.82, 2.24) is 15.5 Å². The van der Waals surface area contributed by atoms with E-state index in [0.29, 0.717) is 24.1 Å². The molecule has 1 aliphatic heterocycles. The van der Waals surface area contributed by atoms with Crippen molar-refractivity contribution in [2.24, 2.45) is 5.92 Å². The predicted molar refractivity (Wildman–Crippen MR) is 80.0 cm³/mol. The molecule has 1 aromatic carbocycles. The number of aryl methyl sites for hydroxylation is 1. The Bertz CT molecular complexity index is 570. The van der Waals surface area contributed by atoms with Crippen molar-refractivity contribution in [1.29, 1.82) is 0 Å². The normalized spacial score (nSPS) is 17.7. The van der Waals surface area contributed by atoms with Gasteiger partial charge in [-0.2, -0.15) is 4.98 Å². The molecule has 2 aromatic rings. The number of nitrogens with one attached hydrogen (secondary N) is 1. The Hall–Kier alpha value is -1.46. The number of rotatable bonds is 5. The summed E-state index contributed by atoms with van der Waals surface area (Å²) in [6.45, 7) is 2.20. The zero-order valence-electron chi connectivity index (χ0n) is 11.7.